The van der Waals surface area contributed by atoms with E-state index >= 15 is 0 Å². The second-order valence-corrected chi connectivity index (χ2v) is 6.01. The fourth-order valence-electron chi connectivity index (χ4n) is 2.39. The summed E-state index contributed by atoms with van der Waals surface area (Å²) in [5.74, 6) is 0.438. The van der Waals surface area contributed by atoms with Crippen LogP contribution in [-0.4, -0.2) is 31.0 Å². The fourth-order valence-corrected chi connectivity index (χ4v) is 2.39. The predicted molar refractivity (Wildman–Crippen MR) is 94.0 cm³/mol. The number of hydrogen-bond acceptors (Lipinski definition) is 3. The molecule has 0 saturated heterocycles. The molecular weight excluding hydrogens is 345 g/mol. The van der Waals surface area contributed by atoms with Gasteiger partial charge in [0.25, 0.3) is 0 Å². The number of benzene rings is 2. The number of anilines is 1. The minimum absolute atomic E-state index is 0.296. The predicted octanol–water partition coefficient (Wildman–Crippen LogP) is 4.17. The minimum Gasteiger partial charge on any atom is -0.497 e. The number of ether oxygens (including phenoxy) is 1. The van der Waals surface area contributed by atoms with Crippen molar-refractivity contribution in [1.82, 2.24) is 4.90 Å². The van der Waals surface area contributed by atoms with E-state index in [0.717, 1.165) is 23.4 Å². The van der Waals surface area contributed by atoms with Crippen molar-refractivity contribution in [2.75, 3.05) is 19.5 Å². The van der Waals surface area contributed by atoms with E-state index in [9.17, 15) is 18.0 Å². The van der Waals surface area contributed by atoms with Crippen molar-refractivity contribution >= 4 is 11.6 Å². The van der Waals surface area contributed by atoms with E-state index in [1.807, 2.05) is 29.2 Å². The molecule has 2 aromatic carbocycles. The highest BCUT2D eigenvalue weighted by Crippen LogP contribution is 2.29. The van der Waals surface area contributed by atoms with Crippen molar-refractivity contribution < 1.29 is 22.7 Å². The van der Waals surface area contributed by atoms with Crippen LogP contribution >= 0.6 is 0 Å². The molecule has 0 aliphatic carbocycles. The molecule has 26 heavy (non-hydrogen) atoms. The maximum Gasteiger partial charge on any atom is 0.416 e. The van der Waals surface area contributed by atoms with Crippen LogP contribution in [0.4, 0.5) is 18.9 Å². The van der Waals surface area contributed by atoms with Crippen molar-refractivity contribution in [3.8, 4) is 5.75 Å². The minimum atomic E-state index is -4.40. The third kappa shape index (κ3) is 5.23. The van der Waals surface area contributed by atoms with E-state index in [1.165, 1.54) is 12.1 Å². The average Bonchev–Trinajstić information content (AvgIpc) is 2.60. The van der Waals surface area contributed by atoms with E-state index < -0.39 is 17.8 Å². The molecule has 1 amide bonds. The fraction of sp³-hybridized carbons (Fsp3) is 0.316. The highest BCUT2D eigenvalue weighted by atomic mass is 19.4. The number of halogens is 3. The van der Waals surface area contributed by atoms with Gasteiger partial charge in [-0.1, -0.05) is 12.1 Å². The highest BCUT2D eigenvalue weighted by Gasteiger charge is 2.30. The van der Waals surface area contributed by atoms with Gasteiger partial charge in [-0.25, -0.2) is 0 Å². The number of carbonyl (C=O) groups excluding carboxylic acids is 1. The van der Waals surface area contributed by atoms with Crippen LogP contribution in [0.5, 0.6) is 5.75 Å². The molecule has 0 saturated carbocycles. The Bertz CT molecular complexity index is 745. The molecule has 0 heterocycles. The molecule has 1 N–H and O–H groups in total. The zero-order valence-corrected chi connectivity index (χ0v) is 14.8. The Labute approximate surface area is 150 Å². The monoisotopic (exact) mass is 366 g/mol. The first-order chi connectivity index (χ1) is 12.2. The summed E-state index contributed by atoms with van der Waals surface area (Å²) < 4.78 is 42.9. The molecule has 2 rings (SSSR count). The molecule has 4 nitrogen and oxygen atoms in total. The van der Waals surface area contributed by atoms with E-state index in [-0.39, 0.29) is 5.91 Å². The van der Waals surface area contributed by atoms with Gasteiger partial charge in [-0.3, -0.25) is 9.69 Å². The molecule has 2 aromatic rings. The lowest BCUT2D eigenvalue weighted by atomic mass is 10.1. The maximum atomic E-state index is 12.6. The van der Waals surface area contributed by atoms with E-state index in [4.69, 9.17) is 4.74 Å². The number of rotatable bonds is 6. The molecule has 140 valence electrons. The van der Waals surface area contributed by atoms with E-state index in [2.05, 4.69) is 5.32 Å². The van der Waals surface area contributed by atoms with Crippen molar-refractivity contribution in [2.24, 2.45) is 0 Å². The number of alkyl halides is 3. The van der Waals surface area contributed by atoms with Crippen LogP contribution in [0.15, 0.2) is 48.5 Å². The normalized spacial score (nSPS) is 12.7. The summed E-state index contributed by atoms with van der Waals surface area (Å²) in [6.45, 7) is 2.26. The molecule has 0 aliphatic heterocycles. The number of amides is 1. The summed E-state index contributed by atoms with van der Waals surface area (Å²) in [7, 11) is 3.39. The molecule has 0 spiro atoms. The van der Waals surface area contributed by atoms with E-state index in [0.29, 0.717) is 12.2 Å². The highest BCUT2D eigenvalue weighted by molar-refractivity contribution is 5.94. The number of nitrogens with zero attached hydrogens (tertiary/aromatic N) is 1. The van der Waals surface area contributed by atoms with Crippen molar-refractivity contribution in [3.05, 3.63) is 59.7 Å². The SMILES string of the molecule is COc1cccc(CN(C)[C@H](C)C(=O)Nc2ccc(C(F)(F)F)cc2)c1. The Morgan fingerprint density at radius 2 is 1.85 bits per heavy atom. The third-order valence-corrected chi connectivity index (χ3v) is 4.09. The Kier molecular flexibility index (Phi) is 6.26. The van der Waals surface area contributed by atoms with Crippen molar-refractivity contribution in [3.63, 3.8) is 0 Å². The van der Waals surface area contributed by atoms with Gasteiger partial charge in [0.2, 0.25) is 5.91 Å². The summed E-state index contributed by atoms with van der Waals surface area (Å²) in [6.07, 6.45) is -4.40. The number of carbonyl (C=O) groups is 1. The maximum absolute atomic E-state index is 12.6. The first kappa shape index (κ1) is 19.8. The van der Waals surface area contributed by atoms with Gasteiger partial charge in [0.05, 0.1) is 18.7 Å². The van der Waals surface area contributed by atoms with Crippen LogP contribution < -0.4 is 10.1 Å². The van der Waals surface area contributed by atoms with Crippen molar-refractivity contribution in [2.45, 2.75) is 25.7 Å². The Balaban J connectivity index is 1.97. The topological polar surface area (TPSA) is 41.6 Å². The van der Waals surface area contributed by atoms with E-state index in [1.54, 1.807) is 21.1 Å². The first-order valence-corrected chi connectivity index (χ1v) is 8.02. The zero-order valence-electron chi connectivity index (χ0n) is 14.8. The lowest BCUT2D eigenvalue weighted by Crippen LogP contribution is -2.39. The molecule has 7 heteroatoms. The van der Waals surface area contributed by atoms with Gasteiger partial charge >= 0.3 is 6.18 Å². The summed E-state index contributed by atoms with van der Waals surface area (Å²) in [6, 6.07) is 11.4. The Hall–Kier alpha value is -2.54. The number of methoxy groups -OCH3 is 1. The van der Waals surface area contributed by atoms with Gasteiger partial charge < -0.3 is 10.1 Å². The Morgan fingerprint density at radius 3 is 2.42 bits per heavy atom. The molecular formula is C19H21F3N2O2. The second kappa shape index (κ2) is 8.23. The smallest absolute Gasteiger partial charge is 0.416 e. The number of nitrogens with one attached hydrogen (secondary N) is 1. The molecule has 0 unspecified atom stereocenters. The Morgan fingerprint density at radius 1 is 1.19 bits per heavy atom. The molecule has 0 radical (unpaired) electrons. The second-order valence-electron chi connectivity index (χ2n) is 6.01. The molecule has 1 atom stereocenters. The van der Waals surface area contributed by atoms with Gasteiger partial charge in [-0.05, 0) is 55.9 Å². The van der Waals surface area contributed by atoms with Gasteiger partial charge in [-0.2, -0.15) is 13.2 Å². The van der Waals surface area contributed by atoms with Crippen LogP contribution in [0.1, 0.15) is 18.1 Å². The average molecular weight is 366 g/mol. The molecule has 0 aliphatic rings. The summed E-state index contributed by atoms with van der Waals surface area (Å²) in [5, 5.41) is 2.64. The van der Waals surface area contributed by atoms with Gasteiger partial charge in [0.1, 0.15) is 5.75 Å². The molecule has 0 fully saturated rings. The number of likely N-dealkylation sites (N-methyl/N-ethyl adjacent to an activating group) is 1. The lowest BCUT2D eigenvalue weighted by Gasteiger charge is -2.24. The summed E-state index contributed by atoms with van der Waals surface area (Å²) in [4.78, 5) is 14.2. The summed E-state index contributed by atoms with van der Waals surface area (Å²) in [5.41, 5.74) is 0.560. The number of hydrogen-bond donors (Lipinski definition) is 1. The first-order valence-electron chi connectivity index (χ1n) is 8.02. The van der Waals surface area contributed by atoms with Crippen LogP contribution in [0.25, 0.3) is 0 Å². The standard InChI is InChI=1S/C19H21F3N2O2/c1-13(24(2)12-14-5-4-6-17(11-14)26-3)18(25)23-16-9-7-15(8-10-16)19(20,21)22/h4-11,13H,12H2,1-3H3,(H,23,25)/t13-/m1/s1. The van der Waals surface area contributed by atoms with Gasteiger partial charge in [0, 0.05) is 12.2 Å². The largest absolute Gasteiger partial charge is 0.497 e. The lowest BCUT2D eigenvalue weighted by molar-refractivity contribution is -0.137. The summed E-state index contributed by atoms with van der Waals surface area (Å²) >= 11 is 0. The van der Waals surface area contributed by atoms with Gasteiger partial charge in [0.15, 0.2) is 0 Å². The van der Waals surface area contributed by atoms with Crippen molar-refractivity contribution in [1.29, 1.82) is 0 Å². The molecule has 0 aromatic heterocycles. The van der Waals surface area contributed by atoms with Crippen LogP contribution in [0.2, 0.25) is 0 Å². The van der Waals surface area contributed by atoms with Crippen LogP contribution in [-0.2, 0) is 17.5 Å². The zero-order chi connectivity index (χ0) is 19.3. The van der Waals surface area contributed by atoms with Gasteiger partial charge in [-0.15, -0.1) is 0 Å². The van der Waals surface area contributed by atoms with Crippen LogP contribution in [0, 0.1) is 0 Å². The molecule has 0 bridgehead atoms. The quantitative estimate of drug-likeness (QED) is 0.834. The third-order valence-electron chi connectivity index (χ3n) is 4.09. The van der Waals surface area contributed by atoms with Crippen LogP contribution in [0.3, 0.4) is 0 Å².